The number of hydrogen-bond donors (Lipinski definition) is 1. The number of nitrogens with zero attached hydrogens (tertiary/aromatic N) is 1. The van der Waals surface area contributed by atoms with Gasteiger partial charge in [0.25, 0.3) is 0 Å². The Morgan fingerprint density at radius 1 is 1.47 bits per heavy atom. The summed E-state index contributed by atoms with van der Waals surface area (Å²) in [5.74, 6) is 1.18. The van der Waals surface area contributed by atoms with Crippen molar-refractivity contribution in [3.63, 3.8) is 0 Å². The van der Waals surface area contributed by atoms with Crippen molar-refractivity contribution in [1.29, 1.82) is 5.26 Å². The van der Waals surface area contributed by atoms with Crippen molar-refractivity contribution in [2.24, 2.45) is 0 Å². The van der Waals surface area contributed by atoms with Crippen molar-refractivity contribution < 1.29 is 0 Å². The molecule has 0 heterocycles. The highest BCUT2D eigenvalue weighted by atomic mass is 32.2. The molecule has 0 atom stereocenters. The molecule has 80 valence electrons. The summed E-state index contributed by atoms with van der Waals surface area (Å²) >= 11 is 1.86. The fourth-order valence-electron chi connectivity index (χ4n) is 1.35. The molecule has 0 radical (unpaired) electrons. The smallest absolute Gasteiger partial charge is 0.0994 e. The predicted octanol–water partition coefficient (Wildman–Crippen LogP) is 3.03. The second-order valence-corrected chi connectivity index (χ2v) is 4.40. The first-order valence-corrected chi connectivity index (χ1v) is 6.41. The van der Waals surface area contributed by atoms with E-state index in [9.17, 15) is 0 Å². The molecule has 0 spiro atoms. The fourth-order valence-corrected chi connectivity index (χ4v) is 1.78. The first-order valence-electron chi connectivity index (χ1n) is 5.01. The zero-order chi connectivity index (χ0) is 11.1. The lowest BCUT2D eigenvalue weighted by atomic mass is 10.1. The van der Waals surface area contributed by atoms with Gasteiger partial charge >= 0.3 is 0 Å². The summed E-state index contributed by atoms with van der Waals surface area (Å²) in [6, 6.07) is 8.02. The molecule has 0 aromatic heterocycles. The maximum absolute atomic E-state index is 8.78. The number of nitrogens with one attached hydrogen (secondary N) is 1. The van der Waals surface area contributed by atoms with Crippen LogP contribution < -0.4 is 5.32 Å². The minimum atomic E-state index is 0.754. The minimum Gasteiger partial charge on any atom is -0.385 e. The van der Waals surface area contributed by atoms with Gasteiger partial charge in [0.15, 0.2) is 0 Å². The van der Waals surface area contributed by atoms with Crippen LogP contribution in [0.1, 0.15) is 17.5 Å². The van der Waals surface area contributed by atoms with Gasteiger partial charge in [-0.3, -0.25) is 0 Å². The molecule has 0 saturated heterocycles. The monoisotopic (exact) mass is 220 g/mol. The van der Waals surface area contributed by atoms with E-state index in [-0.39, 0.29) is 0 Å². The van der Waals surface area contributed by atoms with Crippen molar-refractivity contribution in [3.05, 3.63) is 29.3 Å². The van der Waals surface area contributed by atoms with Crippen LogP contribution in [0.25, 0.3) is 0 Å². The average molecular weight is 220 g/mol. The summed E-state index contributed by atoms with van der Waals surface area (Å²) in [4.78, 5) is 0. The molecule has 0 bridgehead atoms. The second-order valence-electron chi connectivity index (χ2n) is 3.41. The zero-order valence-corrected chi connectivity index (χ0v) is 10.0. The van der Waals surface area contributed by atoms with E-state index in [0.29, 0.717) is 0 Å². The number of nitriles is 1. The van der Waals surface area contributed by atoms with Crippen LogP contribution in [0, 0.1) is 18.3 Å². The van der Waals surface area contributed by atoms with Crippen LogP contribution in [0.15, 0.2) is 18.2 Å². The summed E-state index contributed by atoms with van der Waals surface area (Å²) < 4.78 is 0. The molecule has 2 nitrogen and oxygen atoms in total. The lowest BCUT2D eigenvalue weighted by Gasteiger charge is -2.07. The lowest BCUT2D eigenvalue weighted by molar-refractivity contribution is 0.993. The Morgan fingerprint density at radius 3 is 2.87 bits per heavy atom. The largest absolute Gasteiger partial charge is 0.385 e. The molecule has 1 aromatic rings. The van der Waals surface area contributed by atoms with E-state index in [2.05, 4.69) is 17.6 Å². The Kier molecular flexibility index (Phi) is 5.06. The van der Waals surface area contributed by atoms with Crippen LogP contribution >= 0.6 is 11.8 Å². The van der Waals surface area contributed by atoms with E-state index < -0.39 is 0 Å². The molecule has 1 aromatic carbocycles. The summed E-state index contributed by atoms with van der Waals surface area (Å²) in [6.45, 7) is 2.96. The Labute approximate surface area is 95.7 Å². The molecule has 0 aliphatic carbocycles. The van der Waals surface area contributed by atoms with Gasteiger partial charge in [-0.25, -0.2) is 0 Å². The van der Waals surface area contributed by atoms with E-state index in [1.807, 2.05) is 36.9 Å². The van der Waals surface area contributed by atoms with Crippen LogP contribution in [0.5, 0.6) is 0 Å². The normalized spacial score (nSPS) is 9.67. The molecule has 15 heavy (non-hydrogen) atoms. The highest BCUT2D eigenvalue weighted by Crippen LogP contribution is 2.14. The van der Waals surface area contributed by atoms with Gasteiger partial charge in [-0.05, 0) is 49.1 Å². The predicted molar refractivity (Wildman–Crippen MR) is 67.4 cm³/mol. The number of aryl methyl sites for hydroxylation is 1. The van der Waals surface area contributed by atoms with Crippen LogP contribution in [0.4, 0.5) is 5.69 Å². The SMILES string of the molecule is CSCCCNc1ccc(C#N)c(C)c1. The molecule has 1 rings (SSSR count). The van der Waals surface area contributed by atoms with Crippen molar-refractivity contribution in [2.45, 2.75) is 13.3 Å². The van der Waals surface area contributed by atoms with Gasteiger partial charge in [-0.1, -0.05) is 0 Å². The number of benzene rings is 1. The van der Waals surface area contributed by atoms with E-state index in [1.165, 1.54) is 12.2 Å². The van der Waals surface area contributed by atoms with Crippen molar-refractivity contribution in [1.82, 2.24) is 0 Å². The summed E-state index contributed by atoms with van der Waals surface area (Å²) in [5.41, 5.74) is 2.89. The van der Waals surface area contributed by atoms with E-state index in [4.69, 9.17) is 5.26 Å². The summed E-state index contributed by atoms with van der Waals surface area (Å²) in [7, 11) is 0. The Hall–Kier alpha value is -1.14. The molecular formula is C12H16N2S. The van der Waals surface area contributed by atoms with Crippen molar-refractivity contribution in [2.75, 3.05) is 23.9 Å². The van der Waals surface area contributed by atoms with Crippen LogP contribution in [0.2, 0.25) is 0 Å². The van der Waals surface area contributed by atoms with Crippen molar-refractivity contribution >= 4 is 17.4 Å². The van der Waals surface area contributed by atoms with E-state index in [0.717, 1.165) is 23.4 Å². The molecule has 0 aliphatic rings. The maximum atomic E-state index is 8.78. The van der Waals surface area contributed by atoms with E-state index >= 15 is 0 Å². The molecule has 0 fully saturated rings. The second kappa shape index (κ2) is 6.36. The third-order valence-corrected chi connectivity index (χ3v) is 2.90. The molecule has 3 heteroatoms. The van der Waals surface area contributed by atoms with Gasteiger partial charge in [0, 0.05) is 12.2 Å². The minimum absolute atomic E-state index is 0.754. The number of thioether (sulfide) groups is 1. The summed E-state index contributed by atoms with van der Waals surface area (Å²) in [5, 5.41) is 12.1. The average Bonchev–Trinajstić information content (AvgIpc) is 2.25. The highest BCUT2D eigenvalue weighted by Gasteiger charge is 1.98. The zero-order valence-electron chi connectivity index (χ0n) is 9.21. The Morgan fingerprint density at radius 2 is 2.27 bits per heavy atom. The molecular weight excluding hydrogens is 204 g/mol. The van der Waals surface area contributed by atoms with Crippen LogP contribution in [-0.2, 0) is 0 Å². The molecule has 0 aliphatic heterocycles. The van der Waals surface area contributed by atoms with Gasteiger partial charge in [0.1, 0.15) is 0 Å². The lowest BCUT2D eigenvalue weighted by Crippen LogP contribution is -2.02. The van der Waals surface area contributed by atoms with Gasteiger partial charge in [0.05, 0.1) is 11.6 Å². The third-order valence-electron chi connectivity index (χ3n) is 2.20. The number of rotatable bonds is 5. The number of anilines is 1. The number of hydrogen-bond acceptors (Lipinski definition) is 3. The molecule has 0 saturated carbocycles. The Balaban J connectivity index is 2.49. The standard InChI is InChI=1S/C12H16N2S/c1-10-8-12(5-4-11(10)9-13)14-6-3-7-15-2/h4-5,8,14H,3,6-7H2,1-2H3. The fraction of sp³-hybridized carbons (Fsp3) is 0.417. The van der Waals surface area contributed by atoms with Gasteiger partial charge in [-0.2, -0.15) is 17.0 Å². The first kappa shape index (κ1) is 11.9. The van der Waals surface area contributed by atoms with Crippen LogP contribution in [-0.4, -0.2) is 18.6 Å². The quantitative estimate of drug-likeness (QED) is 0.775. The molecule has 1 N–H and O–H groups in total. The van der Waals surface area contributed by atoms with Gasteiger partial charge < -0.3 is 5.32 Å². The van der Waals surface area contributed by atoms with Gasteiger partial charge in [-0.15, -0.1) is 0 Å². The van der Waals surface area contributed by atoms with Gasteiger partial charge in [0.2, 0.25) is 0 Å². The Bertz CT molecular complexity index is 355. The third kappa shape index (κ3) is 3.85. The maximum Gasteiger partial charge on any atom is 0.0994 e. The molecule has 0 amide bonds. The highest BCUT2D eigenvalue weighted by molar-refractivity contribution is 7.98. The summed E-state index contributed by atoms with van der Waals surface area (Å²) in [6.07, 6.45) is 3.28. The van der Waals surface area contributed by atoms with E-state index in [1.54, 1.807) is 0 Å². The molecule has 0 unspecified atom stereocenters. The first-order chi connectivity index (χ1) is 7.27. The van der Waals surface area contributed by atoms with Crippen LogP contribution in [0.3, 0.4) is 0 Å². The topological polar surface area (TPSA) is 35.8 Å². The van der Waals surface area contributed by atoms with Crippen molar-refractivity contribution in [3.8, 4) is 6.07 Å².